The molecular weight excluding hydrogens is 488 g/mol. The van der Waals surface area contributed by atoms with Crippen LogP contribution >= 0.6 is 11.3 Å². The van der Waals surface area contributed by atoms with Gasteiger partial charge in [0, 0.05) is 42.6 Å². The van der Waals surface area contributed by atoms with E-state index in [0.29, 0.717) is 22.3 Å². The van der Waals surface area contributed by atoms with Gasteiger partial charge in [-0.2, -0.15) is 4.98 Å². The van der Waals surface area contributed by atoms with Gasteiger partial charge in [-0.05, 0) is 69.3 Å². The fraction of sp³-hybridized carbons (Fsp3) is 0.444. The number of aryl methyl sites for hydroxylation is 1. The maximum atomic E-state index is 12.1. The fourth-order valence-electron chi connectivity index (χ4n) is 5.11. The lowest BCUT2D eigenvalue weighted by Crippen LogP contribution is -2.43. The number of thiophene rings is 1. The van der Waals surface area contributed by atoms with Crippen molar-refractivity contribution < 1.29 is 14.3 Å². The number of likely N-dealkylation sites (tertiary alicyclic amines) is 1. The molecule has 2 N–H and O–H groups in total. The average Bonchev–Trinajstić information content (AvgIpc) is 3.63. The van der Waals surface area contributed by atoms with E-state index in [9.17, 15) is 4.79 Å². The maximum Gasteiger partial charge on any atom is 0.350 e. The summed E-state index contributed by atoms with van der Waals surface area (Å²) >= 11 is 1.32. The first-order valence-electron chi connectivity index (χ1n) is 12.8. The van der Waals surface area contributed by atoms with Gasteiger partial charge in [0.1, 0.15) is 16.4 Å². The molecule has 2 saturated heterocycles. The number of hydrogen-bond donors (Lipinski definition) is 2. The minimum atomic E-state index is -0.382. The van der Waals surface area contributed by atoms with Crippen LogP contribution < -0.4 is 20.3 Å². The van der Waals surface area contributed by atoms with Gasteiger partial charge in [0.25, 0.3) is 0 Å². The van der Waals surface area contributed by atoms with Gasteiger partial charge in [0.2, 0.25) is 5.95 Å². The van der Waals surface area contributed by atoms with Crippen molar-refractivity contribution in [3.05, 3.63) is 46.3 Å². The summed E-state index contributed by atoms with van der Waals surface area (Å²) in [4.78, 5) is 26.8. The van der Waals surface area contributed by atoms with Crippen molar-refractivity contribution in [1.82, 2.24) is 14.9 Å². The first-order chi connectivity index (χ1) is 18.1. The first-order valence-corrected chi connectivity index (χ1v) is 13.6. The molecule has 0 atom stereocenters. The third kappa shape index (κ3) is 5.65. The molecule has 4 heterocycles. The van der Waals surface area contributed by atoms with Gasteiger partial charge in [-0.1, -0.05) is 0 Å². The maximum absolute atomic E-state index is 12.1. The number of nitrogens with one attached hydrogen (secondary N) is 2. The number of carbonyl (C=O) groups is 1. The number of piperidine rings is 1. The van der Waals surface area contributed by atoms with Crippen molar-refractivity contribution in [3.63, 3.8) is 0 Å². The highest BCUT2D eigenvalue weighted by Gasteiger charge is 2.27. The van der Waals surface area contributed by atoms with Gasteiger partial charge >= 0.3 is 5.97 Å². The van der Waals surface area contributed by atoms with E-state index >= 15 is 0 Å². The quantitative estimate of drug-likeness (QED) is 0.388. The van der Waals surface area contributed by atoms with Crippen LogP contribution in [-0.2, 0) is 4.74 Å². The zero-order valence-corrected chi connectivity index (χ0v) is 22.4. The van der Waals surface area contributed by atoms with E-state index in [0.717, 1.165) is 36.1 Å². The summed E-state index contributed by atoms with van der Waals surface area (Å²) < 4.78 is 10.6. The second kappa shape index (κ2) is 11.4. The van der Waals surface area contributed by atoms with E-state index in [1.54, 1.807) is 13.3 Å². The van der Waals surface area contributed by atoms with E-state index in [2.05, 4.69) is 42.5 Å². The standard InChI is InChI=1S/C27H34N6O3S/c1-18-17-28-27(31-25(18)29-22-10-15-37-24(22)26(34)36-3)30-21-7-6-20(16-23(21)35-2)33-13-8-19(9-14-33)32-11-4-5-12-32/h6-7,10,15-17,19H,4-5,8-9,11-14H2,1-3H3,(H2,28,29,30,31). The number of rotatable bonds is 8. The monoisotopic (exact) mass is 522 g/mol. The first kappa shape index (κ1) is 25.3. The van der Waals surface area contributed by atoms with Crippen LogP contribution in [0.3, 0.4) is 0 Å². The molecule has 0 saturated carbocycles. The summed E-state index contributed by atoms with van der Waals surface area (Å²) in [7, 11) is 3.05. The van der Waals surface area contributed by atoms with Crippen molar-refractivity contribution in [3.8, 4) is 5.75 Å². The summed E-state index contributed by atoms with van der Waals surface area (Å²) in [5.41, 5.74) is 3.47. The van der Waals surface area contributed by atoms with E-state index in [4.69, 9.17) is 9.47 Å². The van der Waals surface area contributed by atoms with Crippen molar-refractivity contribution in [1.29, 1.82) is 0 Å². The zero-order chi connectivity index (χ0) is 25.8. The Labute approximate surface area is 221 Å². The van der Waals surface area contributed by atoms with Gasteiger partial charge in [-0.15, -0.1) is 11.3 Å². The Kier molecular flexibility index (Phi) is 7.76. The summed E-state index contributed by atoms with van der Waals surface area (Å²) in [6, 6.07) is 8.79. The molecule has 0 bridgehead atoms. The number of hydrogen-bond acceptors (Lipinski definition) is 10. The zero-order valence-electron chi connectivity index (χ0n) is 21.6. The van der Waals surface area contributed by atoms with Crippen LogP contribution in [0, 0.1) is 6.92 Å². The summed E-state index contributed by atoms with van der Waals surface area (Å²) in [6.07, 6.45) is 6.84. The second-order valence-electron chi connectivity index (χ2n) is 9.48. The SMILES string of the molecule is COC(=O)c1sccc1Nc1nc(Nc2ccc(N3CCC(N4CCCC4)CC3)cc2OC)ncc1C. The van der Waals surface area contributed by atoms with E-state index in [1.165, 1.54) is 62.9 Å². The van der Waals surface area contributed by atoms with Crippen LogP contribution in [0.15, 0.2) is 35.8 Å². The number of anilines is 5. The molecule has 5 rings (SSSR count). The van der Waals surface area contributed by atoms with Crippen LogP contribution in [-0.4, -0.2) is 67.3 Å². The van der Waals surface area contributed by atoms with E-state index in [-0.39, 0.29) is 5.97 Å². The third-order valence-corrected chi connectivity index (χ3v) is 8.07. The number of benzene rings is 1. The largest absolute Gasteiger partial charge is 0.494 e. The van der Waals surface area contributed by atoms with Gasteiger partial charge in [-0.25, -0.2) is 9.78 Å². The fourth-order valence-corrected chi connectivity index (χ4v) is 5.88. The lowest BCUT2D eigenvalue weighted by molar-refractivity contribution is 0.0607. The molecule has 2 aliphatic rings. The van der Waals surface area contributed by atoms with Gasteiger partial charge < -0.3 is 29.9 Å². The minimum absolute atomic E-state index is 0.382. The Morgan fingerprint density at radius 3 is 2.57 bits per heavy atom. The number of methoxy groups -OCH3 is 2. The highest BCUT2D eigenvalue weighted by molar-refractivity contribution is 7.12. The molecule has 9 nitrogen and oxygen atoms in total. The number of aromatic nitrogens is 2. The molecule has 0 unspecified atom stereocenters. The predicted octanol–water partition coefficient (Wildman–Crippen LogP) is 5.19. The number of esters is 1. The molecule has 2 fully saturated rings. The van der Waals surface area contributed by atoms with Gasteiger partial charge in [0.15, 0.2) is 0 Å². The molecule has 2 aliphatic heterocycles. The van der Waals surface area contributed by atoms with Crippen LogP contribution in [0.1, 0.15) is 40.9 Å². The molecule has 1 aromatic carbocycles. The lowest BCUT2D eigenvalue weighted by Gasteiger charge is -2.38. The highest BCUT2D eigenvalue weighted by Crippen LogP contribution is 2.34. The Balaban J connectivity index is 1.28. The Bertz CT molecular complexity index is 1230. The Hall–Kier alpha value is -3.37. The molecule has 196 valence electrons. The molecule has 0 radical (unpaired) electrons. The normalized spacial score (nSPS) is 16.6. The molecule has 0 spiro atoms. The summed E-state index contributed by atoms with van der Waals surface area (Å²) in [6.45, 7) is 6.55. The van der Waals surface area contributed by atoms with Gasteiger partial charge in [0.05, 0.1) is 25.6 Å². The molecule has 0 amide bonds. The minimum Gasteiger partial charge on any atom is -0.494 e. The smallest absolute Gasteiger partial charge is 0.350 e. The van der Waals surface area contributed by atoms with Crippen LogP contribution in [0.5, 0.6) is 5.75 Å². The number of carbonyl (C=O) groups excluding carboxylic acids is 1. The highest BCUT2D eigenvalue weighted by atomic mass is 32.1. The van der Waals surface area contributed by atoms with Crippen molar-refractivity contribution in [2.75, 3.05) is 55.9 Å². The van der Waals surface area contributed by atoms with E-state index < -0.39 is 0 Å². The molecule has 10 heteroatoms. The average molecular weight is 523 g/mol. The molecule has 2 aromatic heterocycles. The topological polar surface area (TPSA) is 91.8 Å². The molecule has 3 aromatic rings. The number of ether oxygens (including phenoxy) is 2. The molecule has 37 heavy (non-hydrogen) atoms. The summed E-state index contributed by atoms with van der Waals surface area (Å²) in [5, 5.41) is 8.37. The van der Waals surface area contributed by atoms with Crippen LogP contribution in [0.25, 0.3) is 0 Å². The predicted molar refractivity (Wildman–Crippen MR) is 148 cm³/mol. The van der Waals surface area contributed by atoms with E-state index in [1.807, 2.05) is 24.4 Å². The molecule has 0 aliphatic carbocycles. The van der Waals surface area contributed by atoms with Crippen LogP contribution in [0.2, 0.25) is 0 Å². The Morgan fingerprint density at radius 2 is 1.84 bits per heavy atom. The molecular formula is C27H34N6O3S. The Morgan fingerprint density at radius 1 is 1.05 bits per heavy atom. The third-order valence-electron chi connectivity index (χ3n) is 7.18. The summed E-state index contributed by atoms with van der Waals surface area (Å²) in [5.74, 6) is 1.40. The lowest BCUT2D eigenvalue weighted by atomic mass is 10.0. The van der Waals surface area contributed by atoms with Crippen LogP contribution in [0.4, 0.5) is 28.8 Å². The van der Waals surface area contributed by atoms with Crippen molar-refractivity contribution in [2.24, 2.45) is 0 Å². The van der Waals surface area contributed by atoms with Crippen molar-refractivity contribution in [2.45, 2.75) is 38.6 Å². The van der Waals surface area contributed by atoms with Gasteiger partial charge in [-0.3, -0.25) is 0 Å². The number of nitrogens with zero attached hydrogens (tertiary/aromatic N) is 4. The second-order valence-corrected chi connectivity index (χ2v) is 10.4. The van der Waals surface area contributed by atoms with Crippen molar-refractivity contribution >= 4 is 46.1 Å².